The number of aromatic nitrogens is 2. The number of benzene rings is 3. The Morgan fingerprint density at radius 1 is 0.977 bits per heavy atom. The van der Waals surface area contributed by atoms with Gasteiger partial charge in [-0.3, -0.25) is 10.1 Å². The number of hydrogen-bond donors (Lipinski definition) is 3. The van der Waals surface area contributed by atoms with Crippen molar-refractivity contribution in [2.45, 2.75) is 58.3 Å². The van der Waals surface area contributed by atoms with E-state index in [9.17, 15) is 9.59 Å². The maximum absolute atomic E-state index is 13.9. The van der Waals surface area contributed by atoms with E-state index in [2.05, 4.69) is 36.7 Å². The maximum Gasteiger partial charge on any atom is 0.324 e. The molecule has 5 rings (SSSR count). The molecule has 1 fully saturated rings. The second-order valence-electron chi connectivity index (χ2n) is 12.6. The van der Waals surface area contributed by atoms with Gasteiger partial charge in [-0.05, 0) is 74.7 Å². The second kappa shape index (κ2) is 13.5. The molecule has 1 aliphatic rings. The zero-order valence-corrected chi connectivity index (χ0v) is 26.3. The number of para-hydroxylation sites is 1. The Morgan fingerprint density at radius 3 is 2.41 bits per heavy atom. The molecule has 8 heteroatoms. The summed E-state index contributed by atoms with van der Waals surface area (Å²) in [4.78, 5) is 27.3. The van der Waals surface area contributed by atoms with Gasteiger partial charge in [0.15, 0.2) is 0 Å². The quantitative estimate of drug-likeness (QED) is 0.194. The van der Waals surface area contributed by atoms with Gasteiger partial charge in [0.1, 0.15) is 17.4 Å². The summed E-state index contributed by atoms with van der Waals surface area (Å²) in [6.45, 7) is 10.1. The van der Waals surface area contributed by atoms with Gasteiger partial charge < -0.3 is 15.4 Å². The SMILES string of the molecule is COc1ccccc1CC(=O)C(c1cccc(NC(=O)Nc2cc(C(C)(C)C)nn2-c2ccc(C)cc2)c1)C1CCNCC1. The lowest BCUT2D eigenvalue weighted by Gasteiger charge is -2.30. The van der Waals surface area contributed by atoms with Crippen LogP contribution >= 0.6 is 0 Å². The van der Waals surface area contributed by atoms with E-state index >= 15 is 0 Å². The van der Waals surface area contributed by atoms with Gasteiger partial charge in [0.05, 0.1) is 18.5 Å². The Labute approximate surface area is 260 Å². The van der Waals surface area contributed by atoms with Crippen LogP contribution in [-0.2, 0) is 16.6 Å². The molecule has 230 valence electrons. The summed E-state index contributed by atoms with van der Waals surface area (Å²) >= 11 is 0. The molecule has 4 aromatic rings. The van der Waals surface area contributed by atoms with Crippen molar-refractivity contribution >= 4 is 23.3 Å². The van der Waals surface area contributed by atoms with Gasteiger partial charge in [-0.25, -0.2) is 9.48 Å². The van der Waals surface area contributed by atoms with Crippen molar-refractivity contribution in [1.29, 1.82) is 0 Å². The van der Waals surface area contributed by atoms with Crippen LogP contribution in [0.1, 0.15) is 61.9 Å². The molecule has 1 saturated heterocycles. The van der Waals surface area contributed by atoms with Crippen LogP contribution in [0.3, 0.4) is 0 Å². The largest absolute Gasteiger partial charge is 0.496 e. The van der Waals surface area contributed by atoms with E-state index in [1.165, 1.54) is 0 Å². The van der Waals surface area contributed by atoms with Crippen molar-refractivity contribution in [3.8, 4) is 11.4 Å². The minimum absolute atomic E-state index is 0.153. The fourth-order valence-corrected chi connectivity index (χ4v) is 5.85. The van der Waals surface area contributed by atoms with E-state index in [0.717, 1.165) is 59.8 Å². The zero-order valence-electron chi connectivity index (χ0n) is 26.3. The number of nitrogens with one attached hydrogen (secondary N) is 3. The molecule has 0 spiro atoms. The van der Waals surface area contributed by atoms with Crippen LogP contribution in [0.25, 0.3) is 5.69 Å². The van der Waals surface area contributed by atoms with Gasteiger partial charge in [0.2, 0.25) is 0 Å². The third-order valence-electron chi connectivity index (χ3n) is 8.26. The van der Waals surface area contributed by atoms with Crippen LogP contribution in [0.15, 0.2) is 78.9 Å². The van der Waals surface area contributed by atoms with Crippen molar-refractivity contribution in [3.63, 3.8) is 0 Å². The predicted molar refractivity (Wildman–Crippen MR) is 176 cm³/mol. The highest BCUT2D eigenvalue weighted by Gasteiger charge is 2.31. The molecule has 0 bridgehead atoms. The van der Waals surface area contributed by atoms with Gasteiger partial charge in [-0.15, -0.1) is 0 Å². The first-order chi connectivity index (χ1) is 21.1. The lowest BCUT2D eigenvalue weighted by molar-refractivity contribution is -0.121. The number of aryl methyl sites for hydroxylation is 1. The monoisotopic (exact) mass is 593 g/mol. The number of piperidine rings is 1. The highest BCUT2D eigenvalue weighted by atomic mass is 16.5. The number of rotatable bonds is 9. The van der Waals surface area contributed by atoms with E-state index < -0.39 is 0 Å². The minimum Gasteiger partial charge on any atom is -0.496 e. The zero-order chi connectivity index (χ0) is 31.3. The summed E-state index contributed by atoms with van der Waals surface area (Å²) in [5.41, 5.74) is 5.10. The predicted octanol–water partition coefficient (Wildman–Crippen LogP) is 7.03. The van der Waals surface area contributed by atoms with Crippen molar-refractivity contribution in [3.05, 3.63) is 101 Å². The molecule has 2 heterocycles. The normalized spacial score (nSPS) is 14.6. The van der Waals surface area contributed by atoms with Crippen molar-refractivity contribution in [2.75, 3.05) is 30.8 Å². The molecule has 3 N–H and O–H groups in total. The Bertz CT molecular complexity index is 1600. The van der Waals surface area contributed by atoms with E-state index in [4.69, 9.17) is 9.84 Å². The average molecular weight is 594 g/mol. The fraction of sp³-hybridized carbons (Fsp3) is 0.361. The molecule has 1 atom stereocenters. The number of Topliss-reactive ketones (excluding diaryl/α,β-unsaturated/α-hetero) is 1. The van der Waals surface area contributed by atoms with Crippen LogP contribution in [-0.4, -0.2) is 41.8 Å². The van der Waals surface area contributed by atoms with Crippen LogP contribution < -0.4 is 20.7 Å². The van der Waals surface area contributed by atoms with E-state index in [1.54, 1.807) is 11.8 Å². The Morgan fingerprint density at radius 2 is 1.70 bits per heavy atom. The summed E-state index contributed by atoms with van der Waals surface area (Å²) in [6.07, 6.45) is 2.12. The smallest absolute Gasteiger partial charge is 0.324 e. The Hall–Kier alpha value is -4.43. The van der Waals surface area contributed by atoms with Crippen molar-refractivity contribution < 1.29 is 14.3 Å². The highest BCUT2D eigenvalue weighted by Crippen LogP contribution is 2.35. The summed E-state index contributed by atoms with van der Waals surface area (Å²) in [5.74, 6) is 1.37. The molecule has 2 amide bonds. The third kappa shape index (κ3) is 7.37. The maximum atomic E-state index is 13.9. The minimum atomic E-state index is -0.380. The van der Waals surface area contributed by atoms with Crippen molar-refractivity contribution in [2.24, 2.45) is 5.92 Å². The molecule has 1 aliphatic heterocycles. The molecule has 8 nitrogen and oxygen atoms in total. The first-order valence-electron chi connectivity index (χ1n) is 15.3. The number of ketones is 1. The highest BCUT2D eigenvalue weighted by molar-refractivity contribution is 5.99. The molecule has 0 radical (unpaired) electrons. The van der Waals surface area contributed by atoms with Gasteiger partial charge in [-0.2, -0.15) is 5.10 Å². The molecular formula is C36H43N5O3. The lowest BCUT2D eigenvalue weighted by atomic mass is 9.76. The number of carbonyl (C=O) groups excluding carboxylic acids is 2. The lowest BCUT2D eigenvalue weighted by Crippen LogP contribution is -2.34. The van der Waals surface area contributed by atoms with E-state index in [1.807, 2.05) is 85.8 Å². The summed E-state index contributed by atoms with van der Waals surface area (Å²) in [6, 6.07) is 24.9. The average Bonchev–Trinajstić information content (AvgIpc) is 3.43. The summed E-state index contributed by atoms with van der Waals surface area (Å²) in [7, 11) is 1.63. The molecular weight excluding hydrogens is 550 g/mol. The van der Waals surface area contributed by atoms with E-state index in [-0.39, 0.29) is 35.5 Å². The molecule has 1 unspecified atom stereocenters. The number of hydrogen-bond acceptors (Lipinski definition) is 5. The molecule has 0 aliphatic carbocycles. The van der Waals surface area contributed by atoms with Crippen LogP contribution in [0.4, 0.5) is 16.3 Å². The van der Waals surface area contributed by atoms with Gasteiger partial charge in [-0.1, -0.05) is 68.8 Å². The fourth-order valence-electron chi connectivity index (χ4n) is 5.85. The number of ether oxygens (including phenoxy) is 1. The van der Waals surface area contributed by atoms with Crippen LogP contribution in [0.5, 0.6) is 5.75 Å². The first-order valence-corrected chi connectivity index (χ1v) is 15.3. The molecule has 3 aromatic carbocycles. The number of amides is 2. The second-order valence-corrected chi connectivity index (χ2v) is 12.6. The molecule has 0 saturated carbocycles. The molecule has 1 aromatic heterocycles. The summed E-state index contributed by atoms with van der Waals surface area (Å²) < 4.78 is 7.29. The number of urea groups is 1. The van der Waals surface area contributed by atoms with E-state index in [0.29, 0.717) is 11.5 Å². The van der Waals surface area contributed by atoms with Crippen LogP contribution in [0.2, 0.25) is 0 Å². The van der Waals surface area contributed by atoms with Gasteiger partial charge in [0.25, 0.3) is 0 Å². The first kappa shape index (κ1) is 31.0. The number of carbonyl (C=O) groups is 2. The number of anilines is 2. The summed E-state index contributed by atoms with van der Waals surface area (Å²) in [5, 5.41) is 14.2. The Kier molecular flexibility index (Phi) is 9.49. The standard InChI is InChI=1S/C36H43N5O3/c1-24-13-15-29(16-14-24)41-33(23-32(40-41)36(2,3)4)39-35(43)38-28-11-8-10-27(21-28)34(25-17-19-37-20-18-25)30(42)22-26-9-6-7-12-31(26)44-5/h6-16,21,23,25,34,37H,17-20,22H2,1-5H3,(H2,38,39,43). The Balaban J connectivity index is 1.38. The number of nitrogens with zero attached hydrogens (tertiary/aromatic N) is 2. The molecule has 44 heavy (non-hydrogen) atoms. The topological polar surface area (TPSA) is 97.3 Å². The van der Waals surface area contributed by atoms with Gasteiger partial charge >= 0.3 is 6.03 Å². The third-order valence-corrected chi connectivity index (χ3v) is 8.26. The van der Waals surface area contributed by atoms with Gasteiger partial charge in [0, 0.05) is 35.1 Å². The van der Waals surface area contributed by atoms with Crippen molar-refractivity contribution in [1.82, 2.24) is 15.1 Å². The number of methoxy groups -OCH3 is 1. The van der Waals surface area contributed by atoms with Crippen LogP contribution in [0, 0.1) is 12.8 Å².